The SMILES string of the molecule is C=C(C)CCOc1c(Br)cc(CC(C)N)cc1OC. The Morgan fingerprint density at radius 1 is 1.47 bits per heavy atom. The van der Waals surface area contributed by atoms with Gasteiger partial charge in [0.25, 0.3) is 0 Å². The first-order valence-electron chi connectivity index (χ1n) is 6.33. The Labute approximate surface area is 123 Å². The first-order valence-corrected chi connectivity index (χ1v) is 7.12. The molecular weight excluding hydrogens is 306 g/mol. The van der Waals surface area contributed by atoms with E-state index in [1.54, 1.807) is 7.11 Å². The van der Waals surface area contributed by atoms with Crippen molar-refractivity contribution in [2.75, 3.05) is 13.7 Å². The van der Waals surface area contributed by atoms with Crippen LogP contribution in [0.4, 0.5) is 0 Å². The normalized spacial score (nSPS) is 12.1. The zero-order valence-electron chi connectivity index (χ0n) is 11.8. The van der Waals surface area contributed by atoms with Gasteiger partial charge in [0, 0.05) is 12.5 Å². The van der Waals surface area contributed by atoms with Crippen LogP contribution in [-0.4, -0.2) is 19.8 Å². The molecule has 1 atom stereocenters. The number of methoxy groups -OCH3 is 1. The summed E-state index contributed by atoms with van der Waals surface area (Å²) in [6, 6.07) is 4.12. The van der Waals surface area contributed by atoms with E-state index in [9.17, 15) is 0 Å². The molecule has 0 radical (unpaired) electrons. The van der Waals surface area contributed by atoms with Gasteiger partial charge in [-0.1, -0.05) is 5.57 Å². The molecule has 106 valence electrons. The van der Waals surface area contributed by atoms with Gasteiger partial charge < -0.3 is 15.2 Å². The molecule has 0 aliphatic rings. The summed E-state index contributed by atoms with van der Waals surface area (Å²) in [5.74, 6) is 1.46. The number of hydrogen-bond acceptors (Lipinski definition) is 3. The molecule has 0 aliphatic carbocycles. The topological polar surface area (TPSA) is 44.5 Å². The molecule has 0 saturated heterocycles. The Balaban J connectivity index is 2.88. The van der Waals surface area contributed by atoms with E-state index in [4.69, 9.17) is 15.2 Å². The Bertz CT molecular complexity index is 444. The Morgan fingerprint density at radius 3 is 2.68 bits per heavy atom. The summed E-state index contributed by atoms with van der Waals surface area (Å²) >= 11 is 3.53. The van der Waals surface area contributed by atoms with E-state index in [-0.39, 0.29) is 6.04 Å². The summed E-state index contributed by atoms with van der Waals surface area (Å²) in [4.78, 5) is 0. The molecule has 0 amide bonds. The van der Waals surface area contributed by atoms with E-state index in [2.05, 4.69) is 22.5 Å². The van der Waals surface area contributed by atoms with Crippen molar-refractivity contribution in [2.24, 2.45) is 5.73 Å². The van der Waals surface area contributed by atoms with Gasteiger partial charge in [0.15, 0.2) is 11.5 Å². The molecule has 4 heteroatoms. The van der Waals surface area contributed by atoms with Crippen LogP contribution in [0.25, 0.3) is 0 Å². The lowest BCUT2D eigenvalue weighted by Crippen LogP contribution is -2.17. The number of rotatable bonds is 7. The monoisotopic (exact) mass is 327 g/mol. The van der Waals surface area contributed by atoms with Crippen molar-refractivity contribution < 1.29 is 9.47 Å². The molecule has 1 unspecified atom stereocenters. The number of halogens is 1. The second kappa shape index (κ2) is 7.56. The van der Waals surface area contributed by atoms with Gasteiger partial charge in [-0.2, -0.15) is 0 Å². The molecule has 0 bridgehead atoms. The van der Waals surface area contributed by atoms with Gasteiger partial charge in [-0.15, -0.1) is 6.58 Å². The smallest absolute Gasteiger partial charge is 0.175 e. The summed E-state index contributed by atoms with van der Waals surface area (Å²) in [6.45, 7) is 8.43. The minimum absolute atomic E-state index is 0.117. The first kappa shape index (κ1) is 16.1. The highest BCUT2D eigenvalue weighted by Crippen LogP contribution is 2.37. The van der Waals surface area contributed by atoms with E-state index in [1.807, 2.05) is 26.0 Å². The maximum atomic E-state index is 5.82. The molecule has 0 aliphatic heterocycles. The van der Waals surface area contributed by atoms with E-state index in [0.29, 0.717) is 6.61 Å². The summed E-state index contributed by atoms with van der Waals surface area (Å²) in [7, 11) is 1.64. The van der Waals surface area contributed by atoms with Crippen LogP contribution in [0.2, 0.25) is 0 Å². The van der Waals surface area contributed by atoms with Crippen molar-refractivity contribution in [3.63, 3.8) is 0 Å². The molecule has 19 heavy (non-hydrogen) atoms. The van der Waals surface area contributed by atoms with Crippen LogP contribution in [0.1, 0.15) is 25.8 Å². The number of benzene rings is 1. The predicted molar refractivity (Wildman–Crippen MR) is 83.0 cm³/mol. The van der Waals surface area contributed by atoms with Crippen molar-refractivity contribution in [1.82, 2.24) is 0 Å². The number of hydrogen-bond donors (Lipinski definition) is 1. The molecule has 3 nitrogen and oxygen atoms in total. The van der Waals surface area contributed by atoms with Gasteiger partial charge in [0.1, 0.15) is 0 Å². The highest BCUT2D eigenvalue weighted by atomic mass is 79.9. The van der Waals surface area contributed by atoms with Gasteiger partial charge in [-0.3, -0.25) is 0 Å². The minimum atomic E-state index is 0.117. The maximum Gasteiger partial charge on any atom is 0.175 e. The number of ether oxygens (including phenoxy) is 2. The Morgan fingerprint density at radius 2 is 2.16 bits per heavy atom. The average Bonchev–Trinajstić information content (AvgIpc) is 2.30. The minimum Gasteiger partial charge on any atom is -0.493 e. The lowest BCUT2D eigenvalue weighted by Gasteiger charge is -2.15. The zero-order valence-corrected chi connectivity index (χ0v) is 13.4. The fraction of sp³-hybridized carbons (Fsp3) is 0.467. The molecule has 1 aromatic rings. The molecule has 0 aromatic heterocycles. The molecule has 0 saturated carbocycles. The van der Waals surface area contributed by atoms with Crippen LogP contribution in [0, 0.1) is 0 Å². The van der Waals surface area contributed by atoms with E-state index < -0.39 is 0 Å². The van der Waals surface area contributed by atoms with E-state index in [1.165, 1.54) is 0 Å². The van der Waals surface area contributed by atoms with E-state index >= 15 is 0 Å². The van der Waals surface area contributed by atoms with Crippen LogP contribution in [0.5, 0.6) is 11.5 Å². The standard InChI is InChI=1S/C15H22BrNO2/c1-10(2)5-6-19-15-13(16)8-12(7-11(3)17)9-14(15)18-4/h8-9,11H,1,5-7,17H2,2-4H3. The number of nitrogens with two attached hydrogens (primary N) is 1. The quantitative estimate of drug-likeness (QED) is 0.777. The molecule has 0 fully saturated rings. The molecular formula is C15H22BrNO2. The van der Waals surface area contributed by atoms with Crippen molar-refractivity contribution in [2.45, 2.75) is 32.7 Å². The van der Waals surface area contributed by atoms with Gasteiger partial charge >= 0.3 is 0 Å². The van der Waals surface area contributed by atoms with Gasteiger partial charge in [-0.25, -0.2) is 0 Å². The van der Waals surface area contributed by atoms with Crippen molar-refractivity contribution in [3.05, 3.63) is 34.3 Å². The van der Waals surface area contributed by atoms with Crippen LogP contribution in [0.3, 0.4) is 0 Å². The average molecular weight is 328 g/mol. The van der Waals surface area contributed by atoms with Gasteiger partial charge in [-0.05, 0) is 53.9 Å². The first-order chi connectivity index (χ1) is 8.93. The third kappa shape index (κ3) is 5.25. The molecule has 0 spiro atoms. The van der Waals surface area contributed by atoms with Gasteiger partial charge in [0.2, 0.25) is 0 Å². The molecule has 2 N–H and O–H groups in total. The van der Waals surface area contributed by atoms with Crippen LogP contribution < -0.4 is 15.2 Å². The Kier molecular flexibility index (Phi) is 6.38. The molecule has 0 heterocycles. The van der Waals surface area contributed by atoms with Crippen molar-refractivity contribution in [3.8, 4) is 11.5 Å². The lowest BCUT2D eigenvalue weighted by molar-refractivity contribution is 0.295. The van der Waals surface area contributed by atoms with Crippen molar-refractivity contribution in [1.29, 1.82) is 0 Å². The van der Waals surface area contributed by atoms with Crippen LogP contribution in [-0.2, 0) is 6.42 Å². The second-order valence-corrected chi connectivity index (χ2v) is 5.70. The highest BCUT2D eigenvalue weighted by Gasteiger charge is 2.12. The third-order valence-electron chi connectivity index (χ3n) is 2.62. The zero-order chi connectivity index (χ0) is 14.4. The van der Waals surface area contributed by atoms with Crippen molar-refractivity contribution >= 4 is 15.9 Å². The maximum absolute atomic E-state index is 5.82. The molecule has 1 rings (SSSR count). The predicted octanol–water partition coefficient (Wildman–Crippen LogP) is 3.69. The highest BCUT2D eigenvalue weighted by molar-refractivity contribution is 9.10. The third-order valence-corrected chi connectivity index (χ3v) is 3.21. The summed E-state index contributed by atoms with van der Waals surface area (Å²) in [6.07, 6.45) is 1.64. The molecule has 1 aromatic carbocycles. The summed E-state index contributed by atoms with van der Waals surface area (Å²) in [5.41, 5.74) is 8.05. The largest absolute Gasteiger partial charge is 0.493 e. The Hall–Kier alpha value is -1.00. The van der Waals surface area contributed by atoms with Gasteiger partial charge in [0.05, 0.1) is 18.2 Å². The fourth-order valence-electron chi connectivity index (χ4n) is 1.73. The lowest BCUT2D eigenvalue weighted by atomic mass is 10.1. The van der Waals surface area contributed by atoms with Crippen LogP contribution >= 0.6 is 15.9 Å². The summed E-state index contributed by atoms with van der Waals surface area (Å²) in [5, 5.41) is 0. The second-order valence-electron chi connectivity index (χ2n) is 4.85. The van der Waals surface area contributed by atoms with Crippen LogP contribution in [0.15, 0.2) is 28.8 Å². The summed E-state index contributed by atoms with van der Waals surface area (Å²) < 4.78 is 12.0. The fourth-order valence-corrected chi connectivity index (χ4v) is 2.33. The van der Waals surface area contributed by atoms with E-state index in [0.717, 1.165) is 39.9 Å².